The summed E-state index contributed by atoms with van der Waals surface area (Å²) in [5.74, 6) is 0. The third-order valence-corrected chi connectivity index (χ3v) is 1.51. The molecule has 1 aromatic rings. The molecule has 0 saturated heterocycles. The zero-order chi connectivity index (χ0) is 6.69. The zero-order valence-electron chi connectivity index (χ0n) is 4.74. The molecule has 1 aromatic carbocycles. The maximum atomic E-state index is 10.2. The van der Waals surface area contributed by atoms with Crippen molar-refractivity contribution in [1.82, 2.24) is 0 Å². The van der Waals surface area contributed by atoms with E-state index in [-0.39, 0.29) is 8.46 Å². The maximum Gasteiger partial charge on any atom is 0.192 e. The Bertz CT molecular complexity index is 207. The Morgan fingerprint density at radius 3 is 2.22 bits per heavy atom. The molecule has 0 aromatic heterocycles. The van der Waals surface area contributed by atoms with Crippen molar-refractivity contribution in [2.24, 2.45) is 0 Å². The van der Waals surface area contributed by atoms with Crippen LogP contribution in [0.25, 0.3) is 0 Å². The van der Waals surface area contributed by atoms with Gasteiger partial charge in [-0.2, -0.15) is 0 Å². The van der Waals surface area contributed by atoms with Crippen LogP contribution < -0.4 is 11.0 Å². The molecule has 1 rings (SSSR count). The fourth-order valence-corrected chi connectivity index (χ4v) is 0.806. The first-order valence-corrected chi connectivity index (χ1v) is 3.33. The molecule has 0 radical (unpaired) electrons. The molecular formula is C6H6NOP. The van der Waals surface area contributed by atoms with Crippen molar-refractivity contribution in [3.8, 4) is 0 Å². The monoisotopic (exact) mass is 139 g/mol. The Hall–Kier alpha value is -0.880. The summed E-state index contributed by atoms with van der Waals surface area (Å²) >= 11 is 0. The Morgan fingerprint density at radius 2 is 1.78 bits per heavy atom. The van der Waals surface area contributed by atoms with Crippen LogP contribution in [0.4, 0.5) is 5.69 Å². The van der Waals surface area contributed by atoms with E-state index in [1.165, 1.54) is 0 Å². The number of rotatable bonds is 1. The molecule has 0 aliphatic heterocycles. The maximum absolute atomic E-state index is 10.2. The average molecular weight is 139 g/mol. The Balaban J connectivity index is 3.01. The van der Waals surface area contributed by atoms with Crippen molar-refractivity contribution in [1.29, 1.82) is 0 Å². The van der Waals surface area contributed by atoms with Crippen molar-refractivity contribution < 1.29 is 4.57 Å². The molecule has 2 nitrogen and oxygen atoms in total. The van der Waals surface area contributed by atoms with Crippen LogP contribution in [0, 0.1) is 0 Å². The SMILES string of the molecule is Nc1ccc(P=O)cc1. The summed E-state index contributed by atoms with van der Waals surface area (Å²) in [6, 6.07) is 6.90. The number of nitrogens with two attached hydrogens (primary N) is 1. The standard InChI is InChI=1S/C6H6NOP/c7-5-1-3-6(9-8)4-2-5/h1-4H,7H2. The fourth-order valence-electron chi connectivity index (χ4n) is 0.535. The molecule has 0 saturated carbocycles. The van der Waals surface area contributed by atoms with Gasteiger partial charge in [0.05, 0.1) is 0 Å². The van der Waals surface area contributed by atoms with Crippen LogP contribution >= 0.6 is 8.46 Å². The third-order valence-electron chi connectivity index (χ3n) is 0.998. The highest BCUT2D eigenvalue weighted by Gasteiger charge is 1.86. The second kappa shape index (κ2) is 2.60. The number of benzene rings is 1. The van der Waals surface area contributed by atoms with Crippen LogP contribution in [0.5, 0.6) is 0 Å². The van der Waals surface area contributed by atoms with Crippen LogP contribution in [-0.4, -0.2) is 0 Å². The molecule has 0 amide bonds. The molecular weight excluding hydrogens is 133 g/mol. The predicted molar refractivity (Wildman–Crippen MR) is 38.1 cm³/mol. The summed E-state index contributed by atoms with van der Waals surface area (Å²) in [5.41, 5.74) is 6.07. The highest BCUT2D eigenvalue weighted by atomic mass is 31.1. The number of nitrogen functional groups attached to an aromatic ring is 1. The Morgan fingerprint density at radius 1 is 1.22 bits per heavy atom. The normalized spacial score (nSPS) is 9.78. The molecule has 0 atom stereocenters. The van der Waals surface area contributed by atoms with Crippen molar-refractivity contribution >= 4 is 19.5 Å². The summed E-state index contributed by atoms with van der Waals surface area (Å²) in [6.07, 6.45) is 0. The van der Waals surface area contributed by atoms with Crippen molar-refractivity contribution in [2.75, 3.05) is 5.73 Å². The summed E-state index contributed by atoms with van der Waals surface area (Å²) in [5, 5.41) is 0.754. The molecule has 0 unspecified atom stereocenters. The quantitative estimate of drug-likeness (QED) is 0.469. The summed E-state index contributed by atoms with van der Waals surface area (Å²) < 4.78 is 10.2. The molecule has 0 fully saturated rings. The van der Waals surface area contributed by atoms with E-state index in [1.807, 2.05) is 0 Å². The van der Waals surface area contributed by atoms with Gasteiger partial charge in [-0.3, -0.25) is 4.57 Å². The highest BCUT2D eigenvalue weighted by molar-refractivity contribution is 7.34. The van der Waals surface area contributed by atoms with E-state index >= 15 is 0 Å². The number of hydrogen-bond acceptors (Lipinski definition) is 2. The first-order valence-electron chi connectivity index (χ1n) is 2.52. The summed E-state index contributed by atoms with van der Waals surface area (Å²) in [6.45, 7) is 0. The molecule has 9 heavy (non-hydrogen) atoms. The molecule has 2 N–H and O–H groups in total. The smallest absolute Gasteiger partial charge is 0.192 e. The van der Waals surface area contributed by atoms with Gasteiger partial charge in [0.25, 0.3) is 0 Å². The first kappa shape index (κ1) is 6.24. The molecule has 46 valence electrons. The number of anilines is 1. The molecule has 0 aliphatic rings. The lowest BCUT2D eigenvalue weighted by Gasteiger charge is -1.88. The fraction of sp³-hybridized carbons (Fsp3) is 0. The van der Waals surface area contributed by atoms with Gasteiger partial charge in [0.15, 0.2) is 8.46 Å². The predicted octanol–water partition coefficient (Wildman–Crippen LogP) is 1.19. The second-order valence-corrected chi connectivity index (χ2v) is 2.38. The van der Waals surface area contributed by atoms with Crippen molar-refractivity contribution in [3.63, 3.8) is 0 Å². The van der Waals surface area contributed by atoms with E-state index in [9.17, 15) is 4.57 Å². The Labute approximate surface area is 54.9 Å². The largest absolute Gasteiger partial charge is 0.399 e. The van der Waals surface area contributed by atoms with E-state index in [0.29, 0.717) is 5.69 Å². The molecule has 0 heterocycles. The van der Waals surface area contributed by atoms with E-state index in [4.69, 9.17) is 5.73 Å². The molecule has 3 heteroatoms. The van der Waals surface area contributed by atoms with E-state index in [1.54, 1.807) is 24.3 Å². The van der Waals surface area contributed by atoms with Gasteiger partial charge < -0.3 is 5.73 Å². The highest BCUT2D eigenvalue weighted by Crippen LogP contribution is 2.00. The van der Waals surface area contributed by atoms with E-state index in [0.717, 1.165) is 5.30 Å². The summed E-state index contributed by atoms with van der Waals surface area (Å²) in [7, 11) is 0.0464. The van der Waals surface area contributed by atoms with E-state index < -0.39 is 0 Å². The van der Waals surface area contributed by atoms with Gasteiger partial charge >= 0.3 is 0 Å². The molecule has 0 spiro atoms. The van der Waals surface area contributed by atoms with Crippen LogP contribution in [0.2, 0.25) is 0 Å². The minimum atomic E-state index is 0.0464. The zero-order valence-corrected chi connectivity index (χ0v) is 5.64. The lowest BCUT2D eigenvalue weighted by molar-refractivity contribution is 0.603. The minimum Gasteiger partial charge on any atom is -0.399 e. The lowest BCUT2D eigenvalue weighted by Crippen LogP contribution is -1.91. The van der Waals surface area contributed by atoms with Gasteiger partial charge in [0.2, 0.25) is 0 Å². The van der Waals surface area contributed by atoms with Gasteiger partial charge in [0, 0.05) is 11.0 Å². The van der Waals surface area contributed by atoms with Crippen molar-refractivity contribution in [3.05, 3.63) is 24.3 Å². The van der Waals surface area contributed by atoms with Crippen LogP contribution in [0.3, 0.4) is 0 Å². The van der Waals surface area contributed by atoms with Gasteiger partial charge in [-0.25, -0.2) is 0 Å². The van der Waals surface area contributed by atoms with Crippen molar-refractivity contribution in [2.45, 2.75) is 0 Å². The van der Waals surface area contributed by atoms with Crippen LogP contribution in [0.1, 0.15) is 0 Å². The Kier molecular flexibility index (Phi) is 1.81. The minimum absolute atomic E-state index is 0.0464. The van der Waals surface area contributed by atoms with Gasteiger partial charge in [0.1, 0.15) is 0 Å². The van der Waals surface area contributed by atoms with Crippen LogP contribution in [-0.2, 0) is 4.57 Å². The molecule has 0 aliphatic carbocycles. The first-order chi connectivity index (χ1) is 4.33. The van der Waals surface area contributed by atoms with E-state index in [2.05, 4.69) is 0 Å². The summed E-state index contributed by atoms with van der Waals surface area (Å²) in [4.78, 5) is 0. The third kappa shape index (κ3) is 1.51. The van der Waals surface area contributed by atoms with Gasteiger partial charge in [-0.15, -0.1) is 0 Å². The number of hydrogen-bond donors (Lipinski definition) is 1. The lowest BCUT2D eigenvalue weighted by atomic mass is 10.3. The van der Waals surface area contributed by atoms with Gasteiger partial charge in [-0.05, 0) is 24.3 Å². The van der Waals surface area contributed by atoms with Crippen LogP contribution in [0.15, 0.2) is 24.3 Å². The van der Waals surface area contributed by atoms with Gasteiger partial charge in [-0.1, -0.05) is 0 Å². The average Bonchev–Trinajstić information content (AvgIpc) is 1.90. The molecule has 0 bridgehead atoms. The second-order valence-electron chi connectivity index (χ2n) is 1.68. The topological polar surface area (TPSA) is 43.1 Å².